The molecule has 0 heterocycles. The van der Waals surface area contributed by atoms with Crippen LogP contribution in [0, 0.1) is 0 Å². The molecule has 0 amide bonds. The summed E-state index contributed by atoms with van der Waals surface area (Å²) in [6, 6.07) is 12.4. The first-order valence-corrected chi connectivity index (χ1v) is 6.32. The lowest BCUT2D eigenvalue weighted by atomic mass is 10.2. The summed E-state index contributed by atoms with van der Waals surface area (Å²) in [6.07, 6.45) is 2.61. The third-order valence-electron chi connectivity index (χ3n) is 2.74. The average Bonchev–Trinajstić information content (AvgIpc) is 2.43. The predicted molar refractivity (Wildman–Crippen MR) is 82.7 cm³/mol. The number of rotatable bonds is 5. The summed E-state index contributed by atoms with van der Waals surface area (Å²) in [5.74, 6) is -0.293. The molecule has 2 aromatic carbocycles. The van der Waals surface area contributed by atoms with Crippen molar-refractivity contribution in [1.29, 1.82) is 0 Å². The largest absolute Gasteiger partial charge is 0.489 e. The second-order valence-electron chi connectivity index (χ2n) is 4.54. The Kier molecular flexibility index (Phi) is 4.46. The van der Waals surface area contributed by atoms with E-state index in [2.05, 4.69) is 0 Å². The van der Waals surface area contributed by atoms with E-state index in [4.69, 9.17) is 21.3 Å². The van der Waals surface area contributed by atoms with E-state index in [-0.39, 0.29) is 0 Å². The maximum atomic E-state index is 10.4. The number of carbonyl (C=O) groups is 1. The topological polar surface area (TPSA) is 98.6 Å². The quantitative estimate of drug-likeness (QED) is 0.579. The molecular formula is C16H16N2O3. The molecule has 2 rings (SSSR count). The SMILES string of the molecule is Nc1cc(N)cc(COc2ccc(C=CC(=O)O)cc2)c1. The summed E-state index contributed by atoms with van der Waals surface area (Å²) in [5.41, 5.74) is 14.3. The van der Waals surface area contributed by atoms with Gasteiger partial charge in [-0.2, -0.15) is 0 Å². The maximum Gasteiger partial charge on any atom is 0.328 e. The van der Waals surface area contributed by atoms with Gasteiger partial charge in [0.25, 0.3) is 0 Å². The number of nitrogen functional groups attached to an aromatic ring is 2. The number of carboxylic acid groups (broad SMARTS) is 1. The van der Waals surface area contributed by atoms with Crippen LogP contribution in [0.1, 0.15) is 11.1 Å². The highest BCUT2D eigenvalue weighted by atomic mass is 16.5. The highest BCUT2D eigenvalue weighted by Crippen LogP contribution is 2.18. The number of benzene rings is 2. The number of hydrogen-bond acceptors (Lipinski definition) is 4. The van der Waals surface area contributed by atoms with Crippen LogP contribution in [0.15, 0.2) is 48.5 Å². The van der Waals surface area contributed by atoms with Gasteiger partial charge in [-0.05, 0) is 47.5 Å². The summed E-state index contributed by atoms with van der Waals surface area (Å²) in [5, 5.41) is 8.55. The van der Waals surface area contributed by atoms with Crippen LogP contribution in [0.4, 0.5) is 11.4 Å². The van der Waals surface area contributed by atoms with Crippen molar-refractivity contribution in [3.8, 4) is 5.75 Å². The van der Waals surface area contributed by atoms with Crippen LogP contribution < -0.4 is 16.2 Å². The van der Waals surface area contributed by atoms with Crippen molar-refractivity contribution >= 4 is 23.4 Å². The van der Waals surface area contributed by atoms with Gasteiger partial charge in [0.05, 0.1) is 0 Å². The zero-order valence-corrected chi connectivity index (χ0v) is 11.3. The summed E-state index contributed by atoms with van der Waals surface area (Å²) in [6.45, 7) is 0.361. The van der Waals surface area contributed by atoms with Gasteiger partial charge in [-0.1, -0.05) is 12.1 Å². The molecule has 0 aliphatic carbocycles. The molecule has 0 radical (unpaired) electrons. The zero-order valence-electron chi connectivity index (χ0n) is 11.3. The molecule has 108 valence electrons. The molecule has 21 heavy (non-hydrogen) atoms. The number of anilines is 2. The highest BCUT2D eigenvalue weighted by Gasteiger charge is 1.99. The lowest BCUT2D eigenvalue weighted by molar-refractivity contribution is -0.131. The lowest BCUT2D eigenvalue weighted by Crippen LogP contribution is -1.99. The summed E-state index contributed by atoms with van der Waals surface area (Å²) < 4.78 is 5.63. The van der Waals surface area contributed by atoms with Crippen molar-refractivity contribution in [2.45, 2.75) is 6.61 Å². The van der Waals surface area contributed by atoms with Crippen LogP contribution in [-0.4, -0.2) is 11.1 Å². The number of aliphatic carboxylic acids is 1. The van der Waals surface area contributed by atoms with E-state index >= 15 is 0 Å². The Balaban J connectivity index is 1.99. The summed E-state index contributed by atoms with van der Waals surface area (Å²) in [7, 11) is 0. The van der Waals surface area contributed by atoms with E-state index in [1.54, 1.807) is 42.5 Å². The molecule has 0 unspecified atom stereocenters. The Bertz CT molecular complexity index is 643. The number of ether oxygens (including phenoxy) is 1. The predicted octanol–water partition coefficient (Wildman–Crippen LogP) is 2.53. The molecule has 0 aromatic heterocycles. The summed E-state index contributed by atoms with van der Waals surface area (Å²) in [4.78, 5) is 10.4. The van der Waals surface area contributed by atoms with E-state index < -0.39 is 5.97 Å². The molecule has 5 heteroatoms. The number of hydrogen-bond donors (Lipinski definition) is 3. The number of nitrogens with two attached hydrogens (primary N) is 2. The van der Waals surface area contributed by atoms with Crippen molar-refractivity contribution in [3.05, 3.63) is 59.7 Å². The molecule has 0 saturated heterocycles. The molecule has 0 bridgehead atoms. The minimum absolute atomic E-state index is 0.361. The minimum atomic E-state index is -0.977. The minimum Gasteiger partial charge on any atom is -0.489 e. The van der Waals surface area contributed by atoms with Gasteiger partial charge in [-0.15, -0.1) is 0 Å². The lowest BCUT2D eigenvalue weighted by Gasteiger charge is -2.08. The number of carboxylic acids is 1. The maximum absolute atomic E-state index is 10.4. The van der Waals surface area contributed by atoms with Gasteiger partial charge in [0.2, 0.25) is 0 Å². The van der Waals surface area contributed by atoms with Crippen molar-refractivity contribution in [2.75, 3.05) is 11.5 Å². The molecule has 2 aromatic rings. The van der Waals surface area contributed by atoms with Crippen molar-refractivity contribution < 1.29 is 14.6 Å². The third kappa shape index (κ3) is 4.58. The smallest absolute Gasteiger partial charge is 0.328 e. The Morgan fingerprint density at radius 3 is 2.29 bits per heavy atom. The molecule has 5 N–H and O–H groups in total. The molecule has 0 atom stereocenters. The second-order valence-corrected chi connectivity index (χ2v) is 4.54. The fraction of sp³-hybridized carbons (Fsp3) is 0.0625. The highest BCUT2D eigenvalue weighted by molar-refractivity contribution is 5.85. The Labute approximate surface area is 122 Å². The van der Waals surface area contributed by atoms with E-state index in [0.717, 1.165) is 17.2 Å². The van der Waals surface area contributed by atoms with Gasteiger partial charge in [0.1, 0.15) is 12.4 Å². The fourth-order valence-corrected chi connectivity index (χ4v) is 1.84. The molecule has 0 saturated carbocycles. The van der Waals surface area contributed by atoms with E-state index in [9.17, 15) is 4.79 Å². The van der Waals surface area contributed by atoms with E-state index in [1.807, 2.05) is 0 Å². The Morgan fingerprint density at radius 1 is 1.10 bits per heavy atom. The van der Waals surface area contributed by atoms with Crippen LogP contribution in [0.3, 0.4) is 0 Å². The first kappa shape index (κ1) is 14.5. The first-order valence-electron chi connectivity index (χ1n) is 6.32. The standard InChI is InChI=1S/C16H16N2O3/c17-13-7-12(8-14(18)9-13)10-21-15-4-1-11(2-5-15)3-6-16(19)20/h1-9H,10,17-18H2,(H,19,20). The fourth-order valence-electron chi connectivity index (χ4n) is 1.84. The van der Waals surface area contributed by atoms with Gasteiger partial charge in [0.15, 0.2) is 0 Å². The summed E-state index contributed by atoms with van der Waals surface area (Å²) >= 11 is 0. The average molecular weight is 284 g/mol. The van der Waals surface area contributed by atoms with Crippen LogP contribution in [0.2, 0.25) is 0 Å². The monoisotopic (exact) mass is 284 g/mol. The van der Waals surface area contributed by atoms with Gasteiger partial charge in [-0.25, -0.2) is 4.79 Å². The van der Waals surface area contributed by atoms with Gasteiger partial charge in [-0.3, -0.25) is 0 Å². The van der Waals surface area contributed by atoms with Crippen molar-refractivity contribution in [1.82, 2.24) is 0 Å². The van der Waals surface area contributed by atoms with Gasteiger partial charge >= 0.3 is 5.97 Å². The molecule has 0 aliphatic heterocycles. The van der Waals surface area contributed by atoms with Crippen molar-refractivity contribution in [2.24, 2.45) is 0 Å². The molecule has 0 fully saturated rings. The van der Waals surface area contributed by atoms with Crippen LogP contribution in [-0.2, 0) is 11.4 Å². The first-order chi connectivity index (χ1) is 10.0. The van der Waals surface area contributed by atoms with Gasteiger partial charge < -0.3 is 21.3 Å². The Hall–Kier alpha value is -2.95. The molecule has 0 spiro atoms. The van der Waals surface area contributed by atoms with Gasteiger partial charge in [0, 0.05) is 17.5 Å². The zero-order chi connectivity index (χ0) is 15.2. The third-order valence-corrected chi connectivity index (χ3v) is 2.74. The molecule has 5 nitrogen and oxygen atoms in total. The Morgan fingerprint density at radius 2 is 1.71 bits per heavy atom. The van der Waals surface area contributed by atoms with E-state index in [0.29, 0.717) is 23.7 Å². The van der Waals surface area contributed by atoms with Crippen molar-refractivity contribution in [3.63, 3.8) is 0 Å². The normalized spacial score (nSPS) is 10.7. The van der Waals surface area contributed by atoms with Crippen LogP contribution in [0.25, 0.3) is 6.08 Å². The second kappa shape index (κ2) is 6.47. The van der Waals surface area contributed by atoms with Crippen LogP contribution in [0.5, 0.6) is 5.75 Å². The van der Waals surface area contributed by atoms with Crippen LogP contribution >= 0.6 is 0 Å². The molecule has 0 aliphatic rings. The van der Waals surface area contributed by atoms with E-state index in [1.165, 1.54) is 6.08 Å². The molecular weight excluding hydrogens is 268 g/mol.